The van der Waals surface area contributed by atoms with Crippen LogP contribution in [-0.2, 0) is 6.42 Å². The van der Waals surface area contributed by atoms with Gasteiger partial charge in [-0.2, -0.15) is 0 Å². The van der Waals surface area contributed by atoms with Gasteiger partial charge < -0.3 is 0 Å². The van der Waals surface area contributed by atoms with Gasteiger partial charge >= 0.3 is 0 Å². The number of benzene rings is 2. The summed E-state index contributed by atoms with van der Waals surface area (Å²) in [6.07, 6.45) is 9.80. The zero-order chi connectivity index (χ0) is 18.6. The van der Waals surface area contributed by atoms with Crippen molar-refractivity contribution in [3.05, 3.63) is 88.1 Å². The Morgan fingerprint density at radius 2 is 1.62 bits per heavy atom. The van der Waals surface area contributed by atoms with Crippen LogP contribution in [0.5, 0.6) is 0 Å². The maximum atomic E-state index is 2.60. The van der Waals surface area contributed by atoms with Gasteiger partial charge in [0.25, 0.3) is 0 Å². The minimum absolute atomic E-state index is 1.08. The normalized spacial score (nSPS) is 16.2. The van der Waals surface area contributed by atoms with Gasteiger partial charge in [-0.25, -0.2) is 0 Å². The second-order valence-corrected chi connectivity index (χ2v) is 12.3. The molecule has 0 N–H and O–H groups in total. The highest BCUT2D eigenvalue weighted by atomic mass is 28.3. The molecule has 136 valence electrons. The SMILES string of the molecule is CCCC[Si](C)(C1=CCC=C1Cc1ccccc1)c1cc(C)cc(C)c1. The summed E-state index contributed by atoms with van der Waals surface area (Å²) in [4.78, 5) is 0. The number of aryl methyl sites for hydroxylation is 2. The molecule has 3 rings (SSSR count). The second kappa shape index (κ2) is 8.22. The fourth-order valence-electron chi connectivity index (χ4n) is 4.38. The van der Waals surface area contributed by atoms with E-state index < -0.39 is 8.07 Å². The summed E-state index contributed by atoms with van der Waals surface area (Å²) in [5.74, 6) is 0. The van der Waals surface area contributed by atoms with Crippen LogP contribution in [-0.4, -0.2) is 8.07 Å². The van der Waals surface area contributed by atoms with Crippen molar-refractivity contribution in [2.75, 3.05) is 0 Å². The molecule has 0 spiro atoms. The molecule has 1 atom stereocenters. The average Bonchev–Trinajstić information content (AvgIpc) is 3.08. The molecule has 0 aliphatic heterocycles. The number of unbranched alkanes of at least 4 members (excludes halogenated alkanes) is 1. The Balaban J connectivity index is 1.97. The lowest BCUT2D eigenvalue weighted by Gasteiger charge is -2.32. The summed E-state index contributed by atoms with van der Waals surface area (Å²) < 4.78 is 0. The Labute approximate surface area is 160 Å². The lowest BCUT2D eigenvalue weighted by molar-refractivity contribution is 0.870. The zero-order valence-electron chi connectivity index (χ0n) is 16.8. The third-order valence-electron chi connectivity index (χ3n) is 5.75. The van der Waals surface area contributed by atoms with Crippen LogP contribution in [0.2, 0.25) is 12.6 Å². The molecule has 1 aliphatic rings. The smallest absolute Gasteiger partial charge is 0.0808 e. The predicted molar refractivity (Wildman–Crippen MR) is 118 cm³/mol. The molecule has 0 saturated heterocycles. The van der Waals surface area contributed by atoms with Crippen LogP contribution in [0.1, 0.15) is 42.9 Å². The van der Waals surface area contributed by atoms with Crippen molar-refractivity contribution >= 4 is 13.3 Å². The molecule has 2 aromatic rings. The molecule has 1 unspecified atom stereocenters. The molecule has 0 aromatic heterocycles. The largest absolute Gasteiger partial charge is 0.115 e. The van der Waals surface area contributed by atoms with E-state index in [-0.39, 0.29) is 0 Å². The van der Waals surface area contributed by atoms with Crippen molar-refractivity contribution < 1.29 is 0 Å². The molecule has 0 bridgehead atoms. The van der Waals surface area contributed by atoms with Gasteiger partial charge in [0, 0.05) is 0 Å². The summed E-state index contributed by atoms with van der Waals surface area (Å²) >= 11 is 0. The molecule has 0 saturated carbocycles. The fraction of sp³-hybridized carbons (Fsp3) is 0.360. The summed E-state index contributed by atoms with van der Waals surface area (Å²) in [6.45, 7) is 9.41. The van der Waals surface area contributed by atoms with Crippen molar-refractivity contribution in [2.24, 2.45) is 0 Å². The topological polar surface area (TPSA) is 0 Å². The van der Waals surface area contributed by atoms with Gasteiger partial charge in [-0.3, -0.25) is 0 Å². The van der Waals surface area contributed by atoms with E-state index in [0.29, 0.717) is 0 Å². The van der Waals surface area contributed by atoms with Crippen molar-refractivity contribution in [1.82, 2.24) is 0 Å². The zero-order valence-corrected chi connectivity index (χ0v) is 17.8. The second-order valence-electron chi connectivity index (χ2n) is 8.06. The highest BCUT2D eigenvalue weighted by molar-refractivity contribution is 6.97. The quantitative estimate of drug-likeness (QED) is 0.499. The minimum atomic E-state index is -1.70. The van der Waals surface area contributed by atoms with Gasteiger partial charge in [-0.05, 0) is 43.9 Å². The molecule has 0 heterocycles. The first-order chi connectivity index (χ1) is 12.5. The monoisotopic (exact) mass is 360 g/mol. The molecule has 0 amide bonds. The standard InChI is InChI=1S/C25H32Si/c1-5-6-15-26(4,24-17-20(2)16-21(3)18-24)25-14-10-13-23(25)19-22-11-8-7-9-12-22/h7-9,11-14,16-18H,5-6,10,15,19H2,1-4H3. The van der Waals surface area contributed by atoms with Crippen LogP contribution < -0.4 is 5.19 Å². The van der Waals surface area contributed by atoms with E-state index in [0.717, 1.165) is 12.8 Å². The van der Waals surface area contributed by atoms with Crippen LogP contribution in [0.25, 0.3) is 0 Å². The van der Waals surface area contributed by atoms with Crippen LogP contribution in [0.15, 0.2) is 71.5 Å². The molecule has 0 radical (unpaired) electrons. The van der Waals surface area contributed by atoms with E-state index in [9.17, 15) is 0 Å². The van der Waals surface area contributed by atoms with Crippen LogP contribution in [0, 0.1) is 13.8 Å². The number of hydrogen-bond donors (Lipinski definition) is 0. The molecule has 2 aromatic carbocycles. The van der Waals surface area contributed by atoms with Gasteiger partial charge in [0.15, 0.2) is 0 Å². The van der Waals surface area contributed by atoms with Crippen molar-refractivity contribution in [3.63, 3.8) is 0 Å². The van der Waals surface area contributed by atoms with Gasteiger partial charge in [-0.15, -0.1) is 0 Å². The first-order valence-corrected chi connectivity index (χ1v) is 12.8. The third kappa shape index (κ3) is 4.10. The first kappa shape index (κ1) is 18.9. The Bertz CT molecular complexity index is 793. The number of allylic oxidation sites excluding steroid dienone is 4. The predicted octanol–water partition coefficient (Wildman–Crippen LogP) is 6.43. The van der Waals surface area contributed by atoms with E-state index in [1.54, 1.807) is 16.0 Å². The summed E-state index contributed by atoms with van der Waals surface area (Å²) in [5.41, 5.74) is 5.82. The molecular weight excluding hydrogens is 328 g/mol. The van der Waals surface area contributed by atoms with E-state index >= 15 is 0 Å². The molecule has 0 nitrogen and oxygen atoms in total. The maximum Gasteiger partial charge on any atom is 0.115 e. The van der Waals surface area contributed by atoms with E-state index in [1.165, 1.54) is 35.6 Å². The first-order valence-electron chi connectivity index (χ1n) is 10.1. The van der Waals surface area contributed by atoms with Crippen LogP contribution in [0.3, 0.4) is 0 Å². The summed E-state index contributed by atoms with van der Waals surface area (Å²) in [5, 5.41) is 3.32. The fourth-order valence-corrected chi connectivity index (χ4v) is 8.87. The highest BCUT2D eigenvalue weighted by Crippen LogP contribution is 2.34. The molecule has 0 fully saturated rings. The average molecular weight is 361 g/mol. The molecular formula is C25H32Si. The lowest BCUT2D eigenvalue weighted by Crippen LogP contribution is -2.47. The third-order valence-corrected chi connectivity index (χ3v) is 10.4. The van der Waals surface area contributed by atoms with Gasteiger partial charge in [0.2, 0.25) is 0 Å². The van der Waals surface area contributed by atoms with Crippen molar-refractivity contribution in [2.45, 2.75) is 59.0 Å². The summed E-state index contributed by atoms with van der Waals surface area (Å²) in [6, 6.07) is 19.5. The minimum Gasteiger partial charge on any atom is -0.0808 e. The van der Waals surface area contributed by atoms with Gasteiger partial charge in [0.1, 0.15) is 8.07 Å². The van der Waals surface area contributed by atoms with E-state index in [2.05, 4.69) is 88.0 Å². The van der Waals surface area contributed by atoms with Gasteiger partial charge in [-0.1, -0.05) is 109 Å². The maximum absolute atomic E-state index is 2.60. The van der Waals surface area contributed by atoms with E-state index in [1.807, 2.05) is 0 Å². The van der Waals surface area contributed by atoms with Crippen LogP contribution in [0.4, 0.5) is 0 Å². The lowest BCUT2D eigenvalue weighted by atomic mass is 10.1. The molecule has 26 heavy (non-hydrogen) atoms. The van der Waals surface area contributed by atoms with Gasteiger partial charge in [0.05, 0.1) is 0 Å². The number of rotatable bonds is 7. The summed E-state index contributed by atoms with van der Waals surface area (Å²) in [7, 11) is -1.70. The molecule has 1 heteroatoms. The molecule has 1 aliphatic carbocycles. The van der Waals surface area contributed by atoms with Crippen molar-refractivity contribution in [1.29, 1.82) is 0 Å². The number of hydrogen-bond acceptors (Lipinski definition) is 0. The Morgan fingerprint density at radius 1 is 0.923 bits per heavy atom. The Hall–Kier alpha value is -1.86. The highest BCUT2D eigenvalue weighted by Gasteiger charge is 2.36. The Kier molecular flexibility index (Phi) is 5.98. The van der Waals surface area contributed by atoms with Crippen LogP contribution >= 0.6 is 0 Å². The van der Waals surface area contributed by atoms with E-state index in [4.69, 9.17) is 0 Å². The van der Waals surface area contributed by atoms with Crippen molar-refractivity contribution in [3.8, 4) is 0 Å². The Morgan fingerprint density at radius 3 is 2.27 bits per heavy atom.